The Morgan fingerprint density at radius 3 is 2.39 bits per heavy atom. The van der Waals surface area contributed by atoms with Crippen LogP contribution >= 0.6 is 11.3 Å². The first-order valence-corrected chi connectivity index (χ1v) is 12.6. The second-order valence-corrected chi connectivity index (χ2v) is 10.2. The number of benzene rings is 2. The maximum atomic E-state index is 13.0. The van der Waals surface area contributed by atoms with Gasteiger partial charge < -0.3 is 18.8 Å². The number of hydrogen-bond acceptors (Lipinski definition) is 7. The van der Waals surface area contributed by atoms with Crippen LogP contribution in [0.25, 0.3) is 10.2 Å². The van der Waals surface area contributed by atoms with Crippen LogP contribution in [0.1, 0.15) is 12.8 Å². The quantitative estimate of drug-likeness (QED) is 0.400. The van der Waals surface area contributed by atoms with E-state index in [4.69, 9.17) is 14.2 Å². The second kappa shape index (κ2) is 10.9. The van der Waals surface area contributed by atoms with Crippen molar-refractivity contribution >= 4 is 37.3 Å². The monoisotopic (exact) mass is 496 g/mol. The molecule has 8 nitrogen and oxygen atoms in total. The average molecular weight is 497 g/mol. The van der Waals surface area contributed by atoms with Gasteiger partial charge in [-0.05, 0) is 30.7 Å². The fourth-order valence-corrected chi connectivity index (χ4v) is 5.61. The average Bonchev–Trinajstić information content (AvgIpc) is 3.12. The summed E-state index contributed by atoms with van der Waals surface area (Å²) in [6, 6.07) is 8.26. The number of nitrogens with zero attached hydrogens (tertiary/aromatic N) is 2. The minimum absolute atomic E-state index is 0.0260. The van der Waals surface area contributed by atoms with Gasteiger partial charge in [-0.2, -0.15) is 4.99 Å². The molecule has 178 valence electrons. The standard InChI is InChI=1S/C22H25FN2O6S2/c1-29-11-10-25-17-13-18(30-2)19(31-3)14-20(17)32-22(25)24-21(26)5-4-12-33(27,28)16-8-6-15(23)7-9-16/h6-9,13-14H,4-5,10-12H2,1-3H3. The van der Waals surface area contributed by atoms with Crippen molar-refractivity contribution < 1.29 is 31.8 Å². The molecule has 1 aromatic heterocycles. The second-order valence-electron chi connectivity index (χ2n) is 7.09. The van der Waals surface area contributed by atoms with E-state index in [0.29, 0.717) is 29.5 Å². The van der Waals surface area contributed by atoms with Crippen molar-refractivity contribution in [2.75, 3.05) is 33.7 Å². The number of rotatable bonds is 10. The molecule has 0 saturated carbocycles. The van der Waals surface area contributed by atoms with Gasteiger partial charge in [0.2, 0.25) is 5.91 Å². The van der Waals surface area contributed by atoms with Gasteiger partial charge in [0.15, 0.2) is 26.1 Å². The summed E-state index contributed by atoms with van der Waals surface area (Å²) in [5.74, 6) is -0.0548. The number of sulfone groups is 1. The molecule has 3 aromatic rings. The number of methoxy groups -OCH3 is 3. The summed E-state index contributed by atoms with van der Waals surface area (Å²) in [6.07, 6.45) is 0.0677. The van der Waals surface area contributed by atoms with Gasteiger partial charge in [0.05, 0.1) is 41.7 Å². The van der Waals surface area contributed by atoms with Crippen LogP contribution in [0.5, 0.6) is 11.5 Å². The number of carbonyl (C=O) groups is 1. The molecule has 0 saturated heterocycles. The lowest BCUT2D eigenvalue weighted by Gasteiger charge is -2.09. The lowest BCUT2D eigenvalue weighted by Crippen LogP contribution is -2.19. The lowest BCUT2D eigenvalue weighted by atomic mass is 10.3. The fraction of sp³-hybridized carbons (Fsp3) is 0.364. The fourth-order valence-electron chi connectivity index (χ4n) is 3.22. The van der Waals surface area contributed by atoms with Crippen LogP contribution in [0.3, 0.4) is 0 Å². The molecule has 0 spiro atoms. The van der Waals surface area contributed by atoms with Crippen molar-refractivity contribution in [2.45, 2.75) is 24.3 Å². The van der Waals surface area contributed by atoms with Gasteiger partial charge in [-0.15, -0.1) is 0 Å². The van der Waals surface area contributed by atoms with Crippen LogP contribution in [0.4, 0.5) is 4.39 Å². The van der Waals surface area contributed by atoms with E-state index in [2.05, 4.69) is 4.99 Å². The molecule has 0 aliphatic carbocycles. The van der Waals surface area contributed by atoms with Gasteiger partial charge in [0, 0.05) is 32.2 Å². The first-order chi connectivity index (χ1) is 15.8. The highest BCUT2D eigenvalue weighted by Crippen LogP contribution is 2.33. The highest BCUT2D eigenvalue weighted by molar-refractivity contribution is 7.91. The van der Waals surface area contributed by atoms with Gasteiger partial charge in [0.1, 0.15) is 5.82 Å². The summed E-state index contributed by atoms with van der Waals surface area (Å²) in [5.41, 5.74) is 0.820. The lowest BCUT2D eigenvalue weighted by molar-refractivity contribution is -0.118. The van der Waals surface area contributed by atoms with Crippen molar-refractivity contribution in [1.29, 1.82) is 0 Å². The molecule has 2 aromatic carbocycles. The van der Waals surface area contributed by atoms with Crippen LogP contribution in [0, 0.1) is 5.82 Å². The van der Waals surface area contributed by atoms with E-state index in [-0.39, 0.29) is 23.5 Å². The molecule has 0 fully saturated rings. The van der Waals surface area contributed by atoms with Gasteiger partial charge in [-0.25, -0.2) is 12.8 Å². The molecule has 33 heavy (non-hydrogen) atoms. The Labute approximate surface area is 195 Å². The van der Waals surface area contributed by atoms with Crippen molar-refractivity contribution in [3.8, 4) is 11.5 Å². The maximum Gasteiger partial charge on any atom is 0.248 e. The molecule has 0 atom stereocenters. The molecule has 1 heterocycles. The van der Waals surface area contributed by atoms with Crippen molar-refractivity contribution in [2.24, 2.45) is 4.99 Å². The summed E-state index contributed by atoms with van der Waals surface area (Å²) in [7, 11) is 1.07. The van der Waals surface area contributed by atoms with E-state index in [1.807, 2.05) is 16.7 Å². The highest BCUT2D eigenvalue weighted by atomic mass is 32.2. The van der Waals surface area contributed by atoms with E-state index in [9.17, 15) is 17.6 Å². The number of carbonyl (C=O) groups excluding carboxylic acids is 1. The van der Waals surface area contributed by atoms with Crippen LogP contribution in [-0.4, -0.2) is 52.6 Å². The SMILES string of the molecule is COCCn1c(=NC(=O)CCCS(=O)(=O)c2ccc(F)cc2)sc2cc(OC)c(OC)cc21. The highest BCUT2D eigenvalue weighted by Gasteiger charge is 2.16. The van der Waals surface area contributed by atoms with E-state index >= 15 is 0 Å². The van der Waals surface area contributed by atoms with Gasteiger partial charge in [-0.3, -0.25) is 4.79 Å². The van der Waals surface area contributed by atoms with Gasteiger partial charge in [-0.1, -0.05) is 11.3 Å². The number of ether oxygens (including phenoxy) is 3. The zero-order valence-corrected chi connectivity index (χ0v) is 20.2. The molecule has 0 N–H and O–H groups in total. The number of halogens is 1. The topological polar surface area (TPSA) is 96.2 Å². The van der Waals surface area contributed by atoms with Gasteiger partial charge >= 0.3 is 0 Å². The minimum atomic E-state index is -3.61. The molecule has 0 aliphatic heterocycles. The molecule has 11 heteroatoms. The first-order valence-electron chi connectivity index (χ1n) is 10.1. The zero-order valence-electron chi connectivity index (χ0n) is 18.5. The number of hydrogen-bond donors (Lipinski definition) is 0. The first kappa shape index (κ1) is 24.9. The van der Waals surface area contributed by atoms with Crippen molar-refractivity contribution in [1.82, 2.24) is 4.57 Å². The van der Waals surface area contributed by atoms with Crippen LogP contribution in [0.2, 0.25) is 0 Å². The summed E-state index contributed by atoms with van der Waals surface area (Å²) in [5, 5.41) is 0. The third-order valence-electron chi connectivity index (χ3n) is 4.90. The number of amides is 1. The Kier molecular flexibility index (Phi) is 8.22. The maximum absolute atomic E-state index is 13.0. The summed E-state index contributed by atoms with van der Waals surface area (Å²) >= 11 is 1.32. The molecule has 0 radical (unpaired) electrons. The van der Waals surface area contributed by atoms with E-state index in [1.54, 1.807) is 21.3 Å². The molecular weight excluding hydrogens is 471 g/mol. The minimum Gasteiger partial charge on any atom is -0.493 e. The number of fused-ring (bicyclic) bond motifs is 1. The third kappa shape index (κ3) is 5.98. The predicted molar refractivity (Wildman–Crippen MR) is 123 cm³/mol. The Hall–Kier alpha value is -2.76. The number of thiazole rings is 1. The smallest absolute Gasteiger partial charge is 0.248 e. The summed E-state index contributed by atoms with van der Waals surface area (Å²) in [4.78, 5) is 17.3. The van der Waals surface area contributed by atoms with Gasteiger partial charge in [0.25, 0.3) is 0 Å². The van der Waals surface area contributed by atoms with Crippen LogP contribution < -0.4 is 14.3 Å². The van der Waals surface area contributed by atoms with Crippen molar-refractivity contribution in [3.05, 3.63) is 47.0 Å². The predicted octanol–water partition coefficient (Wildman–Crippen LogP) is 3.19. The Bertz CT molecular complexity index is 1300. The summed E-state index contributed by atoms with van der Waals surface area (Å²) < 4.78 is 56.5. The number of aromatic nitrogens is 1. The van der Waals surface area contributed by atoms with Crippen LogP contribution in [-0.2, 0) is 25.9 Å². The van der Waals surface area contributed by atoms with E-state index in [1.165, 1.54) is 23.5 Å². The normalized spacial score (nSPS) is 12.3. The zero-order chi connectivity index (χ0) is 24.0. The molecule has 0 aliphatic rings. The Balaban J connectivity index is 1.82. The van der Waals surface area contributed by atoms with E-state index in [0.717, 1.165) is 22.3 Å². The molecule has 0 unspecified atom stereocenters. The largest absolute Gasteiger partial charge is 0.493 e. The third-order valence-corrected chi connectivity index (χ3v) is 7.76. The van der Waals surface area contributed by atoms with Crippen molar-refractivity contribution in [3.63, 3.8) is 0 Å². The summed E-state index contributed by atoms with van der Waals surface area (Å²) in [6.45, 7) is 0.883. The molecule has 3 rings (SSSR count). The Morgan fingerprint density at radius 1 is 1.09 bits per heavy atom. The molecular formula is C22H25FN2O6S2. The van der Waals surface area contributed by atoms with Crippen LogP contribution in [0.15, 0.2) is 46.3 Å². The Morgan fingerprint density at radius 2 is 1.76 bits per heavy atom. The molecule has 1 amide bonds. The van der Waals surface area contributed by atoms with E-state index < -0.39 is 21.6 Å². The molecule has 0 bridgehead atoms.